The van der Waals surface area contributed by atoms with E-state index in [1.807, 2.05) is 48.5 Å². The fraction of sp³-hybridized carbons (Fsp3) is 0.625. The molecule has 0 unspecified atom stereocenters. The summed E-state index contributed by atoms with van der Waals surface area (Å²) in [7, 11) is -0.576. The Kier molecular flexibility index (Phi) is 4.48. The van der Waals surface area contributed by atoms with Gasteiger partial charge in [-0.3, -0.25) is 10.3 Å². The van der Waals surface area contributed by atoms with Crippen molar-refractivity contribution < 1.29 is 18.8 Å². The molecule has 0 saturated carbocycles. The molecule has 126 valence electrons. The number of nitrogens with zero attached hydrogens (tertiary/aromatic N) is 1. The van der Waals surface area contributed by atoms with Crippen molar-refractivity contribution in [1.29, 1.82) is 0 Å². The minimum absolute atomic E-state index is 0.454. The van der Waals surface area contributed by atoms with Crippen molar-refractivity contribution in [2.24, 2.45) is 0 Å². The first-order valence-corrected chi connectivity index (χ1v) is 7.71. The van der Waals surface area contributed by atoms with E-state index < -0.39 is 30.0 Å². The van der Waals surface area contributed by atoms with Gasteiger partial charge in [-0.2, -0.15) is 0 Å². The van der Waals surface area contributed by atoms with Gasteiger partial charge in [-0.15, -0.1) is 0 Å². The van der Waals surface area contributed by atoms with Crippen molar-refractivity contribution >= 4 is 24.4 Å². The second-order valence-corrected chi connectivity index (χ2v) is 7.68. The number of hydrogen-bond acceptors (Lipinski definition) is 5. The van der Waals surface area contributed by atoms with Gasteiger partial charge >= 0.3 is 13.2 Å². The van der Waals surface area contributed by atoms with Crippen LogP contribution in [-0.2, 0) is 14.0 Å². The zero-order valence-corrected chi connectivity index (χ0v) is 14.9. The van der Waals surface area contributed by atoms with E-state index in [1.54, 1.807) is 18.5 Å². The molecule has 1 amide bonds. The largest absolute Gasteiger partial charge is 0.497 e. The summed E-state index contributed by atoms with van der Waals surface area (Å²) >= 11 is 0. The number of anilines is 1. The third-order valence-electron chi connectivity index (χ3n) is 4.00. The molecular formula is C16H25BN2O4. The summed E-state index contributed by atoms with van der Waals surface area (Å²) in [5.41, 5.74) is -0.254. The van der Waals surface area contributed by atoms with Crippen LogP contribution in [0.2, 0.25) is 0 Å². The Morgan fingerprint density at radius 3 is 2.30 bits per heavy atom. The van der Waals surface area contributed by atoms with E-state index in [0.717, 1.165) is 0 Å². The number of hydrogen-bond donors (Lipinski definition) is 1. The number of aromatic nitrogens is 1. The second kappa shape index (κ2) is 5.80. The van der Waals surface area contributed by atoms with Crippen molar-refractivity contribution in [3.05, 3.63) is 18.5 Å². The maximum Gasteiger partial charge on any atom is 0.497 e. The third-order valence-corrected chi connectivity index (χ3v) is 4.00. The summed E-state index contributed by atoms with van der Waals surface area (Å²) in [6.45, 7) is 13.4. The molecule has 1 aromatic rings. The van der Waals surface area contributed by atoms with Crippen molar-refractivity contribution in [3.63, 3.8) is 0 Å². The van der Waals surface area contributed by atoms with Gasteiger partial charge in [-0.25, -0.2) is 4.79 Å². The van der Waals surface area contributed by atoms with E-state index in [2.05, 4.69) is 10.3 Å². The number of carbonyl (C=O) groups is 1. The molecule has 1 fully saturated rings. The van der Waals surface area contributed by atoms with Crippen LogP contribution in [-0.4, -0.2) is 35.0 Å². The monoisotopic (exact) mass is 320 g/mol. The van der Waals surface area contributed by atoms with E-state index in [-0.39, 0.29) is 0 Å². The van der Waals surface area contributed by atoms with Crippen LogP contribution >= 0.6 is 0 Å². The number of ether oxygens (including phenoxy) is 1. The normalized spacial score (nSPS) is 19.5. The number of nitrogens with one attached hydrogen (secondary N) is 1. The predicted octanol–water partition coefficient (Wildman–Crippen LogP) is 2.73. The lowest BCUT2D eigenvalue weighted by molar-refractivity contribution is 0.00578. The fourth-order valence-corrected chi connectivity index (χ4v) is 2.10. The molecule has 0 aromatic carbocycles. The molecule has 0 bridgehead atoms. The number of pyridine rings is 1. The number of amides is 1. The minimum atomic E-state index is -0.576. The summed E-state index contributed by atoms with van der Waals surface area (Å²) < 4.78 is 17.3. The molecule has 1 aromatic heterocycles. The number of rotatable bonds is 2. The van der Waals surface area contributed by atoms with Crippen LogP contribution in [0.3, 0.4) is 0 Å². The first kappa shape index (κ1) is 17.8. The molecule has 7 heteroatoms. The van der Waals surface area contributed by atoms with Crippen LogP contribution in [0.4, 0.5) is 10.5 Å². The van der Waals surface area contributed by atoms with Gasteiger partial charge < -0.3 is 14.0 Å². The average Bonchev–Trinajstić information content (AvgIpc) is 2.56. The lowest BCUT2D eigenvalue weighted by Crippen LogP contribution is -2.41. The van der Waals surface area contributed by atoms with Crippen molar-refractivity contribution in [2.75, 3.05) is 5.32 Å². The standard InChI is InChI=1S/C16H25BN2O4/c1-14(2,3)21-13(20)19-12-10-18-9-8-11(12)17-22-15(4,5)16(6,7)23-17/h8-10H,1-7H3,(H,19,20). The lowest BCUT2D eigenvalue weighted by atomic mass is 9.78. The molecule has 0 spiro atoms. The highest BCUT2D eigenvalue weighted by Crippen LogP contribution is 2.36. The van der Waals surface area contributed by atoms with Gasteiger partial charge in [-0.05, 0) is 54.5 Å². The van der Waals surface area contributed by atoms with Crippen LogP contribution in [0.25, 0.3) is 0 Å². The Bertz CT molecular complexity index is 580. The highest BCUT2D eigenvalue weighted by atomic mass is 16.7. The summed E-state index contributed by atoms with van der Waals surface area (Å²) in [5.74, 6) is 0. The van der Waals surface area contributed by atoms with Gasteiger partial charge in [0.05, 0.1) is 23.1 Å². The molecule has 23 heavy (non-hydrogen) atoms. The first-order chi connectivity index (χ1) is 10.4. The molecule has 1 N–H and O–H groups in total. The third kappa shape index (κ3) is 4.03. The Hall–Kier alpha value is -1.60. The summed E-state index contributed by atoms with van der Waals surface area (Å²) in [6, 6.07) is 1.77. The maximum absolute atomic E-state index is 12.0. The molecule has 1 aliphatic rings. The summed E-state index contributed by atoms with van der Waals surface area (Å²) in [4.78, 5) is 16.1. The molecular weight excluding hydrogens is 295 g/mol. The van der Waals surface area contributed by atoms with Gasteiger partial charge in [0.15, 0.2) is 0 Å². The zero-order chi connectivity index (χ0) is 17.5. The fourth-order valence-electron chi connectivity index (χ4n) is 2.10. The zero-order valence-electron chi connectivity index (χ0n) is 14.9. The number of carbonyl (C=O) groups excluding carboxylic acids is 1. The van der Waals surface area contributed by atoms with Crippen LogP contribution in [0.1, 0.15) is 48.5 Å². The quantitative estimate of drug-likeness (QED) is 0.849. The van der Waals surface area contributed by atoms with Crippen LogP contribution in [0, 0.1) is 0 Å². The highest BCUT2D eigenvalue weighted by molar-refractivity contribution is 6.64. The van der Waals surface area contributed by atoms with Gasteiger partial charge in [0.2, 0.25) is 0 Å². The predicted molar refractivity (Wildman–Crippen MR) is 89.8 cm³/mol. The molecule has 2 heterocycles. The van der Waals surface area contributed by atoms with Crippen LogP contribution < -0.4 is 10.8 Å². The van der Waals surface area contributed by atoms with E-state index in [0.29, 0.717) is 11.2 Å². The average molecular weight is 320 g/mol. The summed E-state index contributed by atoms with van der Waals surface area (Å²) in [5, 5.41) is 2.72. The molecule has 0 radical (unpaired) electrons. The van der Waals surface area contributed by atoms with Gasteiger partial charge in [0.25, 0.3) is 0 Å². The Balaban J connectivity index is 2.21. The highest BCUT2D eigenvalue weighted by Gasteiger charge is 2.52. The first-order valence-electron chi connectivity index (χ1n) is 7.71. The van der Waals surface area contributed by atoms with Crippen molar-refractivity contribution in [2.45, 2.75) is 65.3 Å². The van der Waals surface area contributed by atoms with Crippen LogP contribution in [0.5, 0.6) is 0 Å². The molecule has 0 aliphatic carbocycles. The minimum Gasteiger partial charge on any atom is -0.444 e. The Morgan fingerprint density at radius 2 is 1.78 bits per heavy atom. The van der Waals surface area contributed by atoms with E-state index in [9.17, 15) is 4.79 Å². The molecule has 1 saturated heterocycles. The SMILES string of the molecule is CC(C)(C)OC(=O)Nc1cnccc1B1OC(C)(C)C(C)(C)O1. The van der Waals surface area contributed by atoms with E-state index in [4.69, 9.17) is 14.0 Å². The van der Waals surface area contributed by atoms with Gasteiger partial charge in [0, 0.05) is 11.7 Å². The van der Waals surface area contributed by atoms with E-state index in [1.165, 1.54) is 0 Å². The molecule has 1 aliphatic heterocycles. The molecule has 2 rings (SSSR count). The van der Waals surface area contributed by atoms with Crippen LogP contribution in [0.15, 0.2) is 18.5 Å². The maximum atomic E-state index is 12.0. The Labute approximate surface area is 138 Å². The topological polar surface area (TPSA) is 69.7 Å². The second-order valence-electron chi connectivity index (χ2n) is 7.68. The van der Waals surface area contributed by atoms with Crippen molar-refractivity contribution in [1.82, 2.24) is 4.98 Å². The van der Waals surface area contributed by atoms with Crippen molar-refractivity contribution in [3.8, 4) is 0 Å². The van der Waals surface area contributed by atoms with Gasteiger partial charge in [-0.1, -0.05) is 0 Å². The van der Waals surface area contributed by atoms with Gasteiger partial charge in [0.1, 0.15) is 5.60 Å². The molecule has 6 nitrogen and oxygen atoms in total. The lowest BCUT2D eigenvalue weighted by Gasteiger charge is -2.32. The summed E-state index contributed by atoms with van der Waals surface area (Å²) in [6.07, 6.45) is 2.66. The van der Waals surface area contributed by atoms with E-state index >= 15 is 0 Å². The smallest absolute Gasteiger partial charge is 0.444 e. The Morgan fingerprint density at radius 1 is 1.22 bits per heavy atom. The molecule has 0 atom stereocenters.